The van der Waals surface area contributed by atoms with Crippen molar-refractivity contribution < 1.29 is 9.47 Å². The van der Waals surface area contributed by atoms with Crippen LogP contribution in [0.1, 0.15) is 0 Å². The Balaban J connectivity index is 1.78. The fraction of sp³-hybridized carbons (Fsp3) is 0.800. The normalized spacial score (nSPS) is 22.8. The average Bonchev–Trinajstić information content (AvgIpc) is 2.38. The summed E-state index contributed by atoms with van der Waals surface area (Å²) >= 11 is 5.26. The number of ether oxygens (including phenoxy) is 2. The van der Waals surface area contributed by atoms with Gasteiger partial charge >= 0.3 is 0 Å². The maximum atomic E-state index is 5.26. The SMILES string of the molecule is S=C(/N=C\N1CCOCC1)N1CCOCC1. The van der Waals surface area contributed by atoms with Gasteiger partial charge in [0.1, 0.15) is 0 Å². The molecule has 0 aromatic heterocycles. The van der Waals surface area contributed by atoms with E-state index in [1.54, 1.807) is 0 Å². The van der Waals surface area contributed by atoms with Gasteiger partial charge in [0.05, 0.1) is 32.8 Å². The zero-order valence-corrected chi connectivity index (χ0v) is 10.1. The lowest BCUT2D eigenvalue weighted by Gasteiger charge is -2.28. The highest BCUT2D eigenvalue weighted by molar-refractivity contribution is 7.80. The average molecular weight is 243 g/mol. The molecule has 2 aliphatic rings. The summed E-state index contributed by atoms with van der Waals surface area (Å²) in [7, 11) is 0. The van der Waals surface area contributed by atoms with E-state index in [1.807, 2.05) is 6.34 Å². The van der Waals surface area contributed by atoms with E-state index < -0.39 is 0 Å². The molecule has 0 amide bonds. The largest absolute Gasteiger partial charge is 0.378 e. The smallest absolute Gasteiger partial charge is 0.196 e. The van der Waals surface area contributed by atoms with Gasteiger partial charge in [-0.05, 0) is 12.2 Å². The fourth-order valence-corrected chi connectivity index (χ4v) is 1.89. The second kappa shape index (κ2) is 6.12. The van der Waals surface area contributed by atoms with Crippen LogP contribution in [0, 0.1) is 0 Å². The molecule has 2 heterocycles. The van der Waals surface area contributed by atoms with Crippen LogP contribution in [0.15, 0.2) is 4.99 Å². The van der Waals surface area contributed by atoms with Gasteiger partial charge in [0.25, 0.3) is 0 Å². The predicted molar refractivity (Wildman–Crippen MR) is 65.9 cm³/mol. The minimum Gasteiger partial charge on any atom is -0.378 e. The molecule has 0 N–H and O–H groups in total. The molecule has 2 rings (SSSR count). The molecule has 0 atom stereocenters. The van der Waals surface area contributed by atoms with Crippen molar-refractivity contribution >= 4 is 23.7 Å². The van der Waals surface area contributed by atoms with Crippen molar-refractivity contribution in [2.45, 2.75) is 0 Å². The molecule has 2 aliphatic heterocycles. The van der Waals surface area contributed by atoms with E-state index in [0.29, 0.717) is 5.11 Å². The molecule has 0 radical (unpaired) electrons. The number of hydrogen-bond donors (Lipinski definition) is 0. The van der Waals surface area contributed by atoms with Gasteiger partial charge < -0.3 is 19.3 Å². The summed E-state index contributed by atoms with van der Waals surface area (Å²) in [6, 6.07) is 0. The minimum absolute atomic E-state index is 0.662. The Morgan fingerprint density at radius 1 is 1.00 bits per heavy atom. The van der Waals surface area contributed by atoms with Crippen molar-refractivity contribution in [2.75, 3.05) is 52.6 Å². The van der Waals surface area contributed by atoms with Gasteiger partial charge in [0.15, 0.2) is 5.11 Å². The van der Waals surface area contributed by atoms with Gasteiger partial charge in [-0.2, -0.15) is 0 Å². The highest BCUT2D eigenvalue weighted by atomic mass is 32.1. The molecule has 0 bridgehead atoms. The predicted octanol–water partition coefficient (Wildman–Crippen LogP) is -0.0360. The lowest BCUT2D eigenvalue weighted by molar-refractivity contribution is 0.0677. The standard InChI is InChI=1S/C10H17N3O2S/c16-10(13-3-7-15-8-4-13)11-9-12-1-5-14-6-2-12/h9H,1-8H2/b11-9-. The van der Waals surface area contributed by atoms with E-state index in [4.69, 9.17) is 21.7 Å². The van der Waals surface area contributed by atoms with Crippen molar-refractivity contribution in [3.05, 3.63) is 0 Å². The molecule has 16 heavy (non-hydrogen) atoms. The number of hydrogen-bond acceptors (Lipinski definition) is 3. The Morgan fingerprint density at radius 3 is 2.19 bits per heavy atom. The van der Waals surface area contributed by atoms with Crippen LogP contribution < -0.4 is 0 Å². The number of thiocarbonyl (C=S) groups is 1. The topological polar surface area (TPSA) is 37.3 Å². The highest BCUT2D eigenvalue weighted by Gasteiger charge is 2.13. The first-order valence-electron chi connectivity index (χ1n) is 5.59. The lowest BCUT2D eigenvalue weighted by Crippen LogP contribution is -2.40. The maximum absolute atomic E-state index is 5.26. The van der Waals surface area contributed by atoms with E-state index in [2.05, 4.69) is 14.8 Å². The number of aliphatic imine (C=N–C) groups is 1. The van der Waals surface area contributed by atoms with Crippen LogP contribution in [0.2, 0.25) is 0 Å². The fourth-order valence-electron chi connectivity index (χ4n) is 1.66. The molecule has 2 fully saturated rings. The Morgan fingerprint density at radius 2 is 1.56 bits per heavy atom. The summed E-state index contributed by atoms with van der Waals surface area (Å²) in [6.07, 6.45) is 1.83. The lowest BCUT2D eigenvalue weighted by atomic mass is 10.4. The molecule has 0 spiro atoms. The molecule has 0 saturated carbocycles. The molecule has 2 saturated heterocycles. The molecule has 5 nitrogen and oxygen atoms in total. The van der Waals surface area contributed by atoms with Gasteiger partial charge in [-0.15, -0.1) is 0 Å². The minimum atomic E-state index is 0.662. The van der Waals surface area contributed by atoms with Crippen LogP contribution in [0.4, 0.5) is 0 Å². The Bertz CT molecular complexity index is 261. The highest BCUT2D eigenvalue weighted by Crippen LogP contribution is 2.00. The number of nitrogens with zero attached hydrogens (tertiary/aromatic N) is 3. The van der Waals surface area contributed by atoms with Crippen molar-refractivity contribution in [2.24, 2.45) is 4.99 Å². The third-order valence-corrected chi connectivity index (χ3v) is 3.02. The quantitative estimate of drug-likeness (QED) is 0.367. The first-order valence-corrected chi connectivity index (χ1v) is 6.00. The third kappa shape index (κ3) is 3.40. The van der Waals surface area contributed by atoms with Crippen molar-refractivity contribution in [3.8, 4) is 0 Å². The van der Waals surface area contributed by atoms with Gasteiger partial charge in [-0.25, -0.2) is 4.99 Å². The van der Waals surface area contributed by atoms with Gasteiger partial charge in [0, 0.05) is 26.2 Å². The van der Waals surface area contributed by atoms with Crippen LogP contribution >= 0.6 is 12.2 Å². The second-order valence-electron chi connectivity index (χ2n) is 3.77. The zero-order chi connectivity index (χ0) is 11.2. The van der Waals surface area contributed by atoms with Crippen LogP contribution in [-0.4, -0.2) is 73.9 Å². The van der Waals surface area contributed by atoms with Crippen molar-refractivity contribution in [3.63, 3.8) is 0 Å². The molecule has 0 aromatic carbocycles. The summed E-state index contributed by atoms with van der Waals surface area (Å²) < 4.78 is 10.5. The first-order chi connectivity index (χ1) is 7.86. The molecule has 0 aliphatic carbocycles. The summed E-state index contributed by atoms with van der Waals surface area (Å²) in [5.41, 5.74) is 0. The molecule has 0 aromatic rings. The molecular formula is C10H17N3O2S. The third-order valence-electron chi connectivity index (χ3n) is 2.66. The van der Waals surface area contributed by atoms with Crippen LogP contribution in [0.25, 0.3) is 0 Å². The Kier molecular flexibility index (Phi) is 4.50. The van der Waals surface area contributed by atoms with Gasteiger partial charge in [0.2, 0.25) is 0 Å². The zero-order valence-electron chi connectivity index (χ0n) is 9.30. The summed E-state index contributed by atoms with van der Waals surface area (Å²) in [4.78, 5) is 8.53. The Labute approximate surface area is 101 Å². The summed E-state index contributed by atoms with van der Waals surface area (Å²) in [5, 5.41) is 0.662. The maximum Gasteiger partial charge on any atom is 0.196 e. The van der Waals surface area contributed by atoms with Crippen molar-refractivity contribution in [1.29, 1.82) is 0 Å². The first kappa shape index (κ1) is 11.8. The number of rotatable bonds is 1. The van der Waals surface area contributed by atoms with Crippen LogP contribution in [-0.2, 0) is 9.47 Å². The van der Waals surface area contributed by atoms with E-state index in [9.17, 15) is 0 Å². The monoisotopic (exact) mass is 243 g/mol. The Hall–Kier alpha value is -0.720. The molecule has 6 heteroatoms. The molecular weight excluding hydrogens is 226 g/mol. The molecule has 0 unspecified atom stereocenters. The number of morpholine rings is 2. The molecule has 90 valence electrons. The van der Waals surface area contributed by atoms with Crippen LogP contribution in [0.3, 0.4) is 0 Å². The second-order valence-corrected chi connectivity index (χ2v) is 4.14. The van der Waals surface area contributed by atoms with Gasteiger partial charge in [-0.1, -0.05) is 0 Å². The van der Waals surface area contributed by atoms with Crippen molar-refractivity contribution in [1.82, 2.24) is 9.80 Å². The van der Waals surface area contributed by atoms with Gasteiger partial charge in [-0.3, -0.25) is 0 Å². The van der Waals surface area contributed by atoms with E-state index in [-0.39, 0.29) is 0 Å². The van der Waals surface area contributed by atoms with E-state index >= 15 is 0 Å². The summed E-state index contributed by atoms with van der Waals surface area (Å²) in [5.74, 6) is 0. The van der Waals surface area contributed by atoms with E-state index in [0.717, 1.165) is 52.6 Å². The summed E-state index contributed by atoms with van der Waals surface area (Å²) in [6.45, 7) is 6.52. The van der Waals surface area contributed by atoms with E-state index in [1.165, 1.54) is 0 Å². The van der Waals surface area contributed by atoms with Crippen LogP contribution in [0.5, 0.6) is 0 Å².